The molecule has 0 atom stereocenters. The molecule has 3 rings (SSSR count). The van der Waals surface area contributed by atoms with Crippen LogP contribution in [0.25, 0.3) is 0 Å². The van der Waals surface area contributed by atoms with Gasteiger partial charge in [0.05, 0.1) is 4.88 Å². The highest BCUT2D eigenvalue weighted by Crippen LogP contribution is 2.28. The molecule has 0 aliphatic heterocycles. The Morgan fingerprint density at radius 3 is 2.24 bits per heavy atom. The van der Waals surface area contributed by atoms with Crippen molar-refractivity contribution in [1.29, 1.82) is 0 Å². The van der Waals surface area contributed by atoms with E-state index in [0.717, 1.165) is 22.5 Å². The van der Waals surface area contributed by atoms with Crippen molar-refractivity contribution in [2.45, 2.75) is 20.5 Å². The van der Waals surface area contributed by atoms with Crippen molar-refractivity contribution >= 4 is 22.9 Å². The molecule has 1 aromatic heterocycles. The summed E-state index contributed by atoms with van der Waals surface area (Å²) in [6.07, 6.45) is 0. The Labute approximate surface area is 166 Å². The van der Waals surface area contributed by atoms with Gasteiger partial charge in [-0.2, -0.15) is 0 Å². The SMILES string of the molecule is Cc1ccc(C)c(OCc2csc(C(=O)Nc3c(F)c(F)c(F)c(F)c3F)c2)c1. The molecule has 1 heterocycles. The van der Waals surface area contributed by atoms with Gasteiger partial charge in [-0.3, -0.25) is 4.79 Å². The number of carbonyl (C=O) groups excluding carboxylic acids is 1. The van der Waals surface area contributed by atoms with Crippen LogP contribution >= 0.6 is 11.3 Å². The molecule has 3 nitrogen and oxygen atoms in total. The summed E-state index contributed by atoms with van der Waals surface area (Å²) in [6.45, 7) is 3.93. The topological polar surface area (TPSA) is 38.3 Å². The highest BCUT2D eigenvalue weighted by molar-refractivity contribution is 7.12. The van der Waals surface area contributed by atoms with Crippen molar-refractivity contribution < 1.29 is 31.5 Å². The zero-order valence-electron chi connectivity index (χ0n) is 15.2. The number of halogens is 5. The molecule has 152 valence electrons. The zero-order valence-corrected chi connectivity index (χ0v) is 16.0. The van der Waals surface area contributed by atoms with Crippen LogP contribution in [0, 0.1) is 42.9 Å². The maximum absolute atomic E-state index is 13.7. The number of aryl methyl sites for hydroxylation is 2. The molecular formula is C20H14F5NO2S. The van der Waals surface area contributed by atoms with Gasteiger partial charge in [0, 0.05) is 5.56 Å². The normalized spacial score (nSPS) is 10.9. The first-order valence-electron chi connectivity index (χ1n) is 8.29. The van der Waals surface area contributed by atoms with Gasteiger partial charge in [-0.1, -0.05) is 12.1 Å². The second-order valence-electron chi connectivity index (χ2n) is 6.28. The lowest BCUT2D eigenvalue weighted by atomic mass is 10.1. The van der Waals surface area contributed by atoms with E-state index in [1.165, 1.54) is 6.07 Å². The summed E-state index contributed by atoms with van der Waals surface area (Å²) < 4.78 is 72.7. The maximum Gasteiger partial charge on any atom is 0.265 e. The van der Waals surface area contributed by atoms with Crippen LogP contribution in [0.3, 0.4) is 0 Å². The van der Waals surface area contributed by atoms with Crippen molar-refractivity contribution in [3.8, 4) is 5.75 Å². The van der Waals surface area contributed by atoms with Crippen LogP contribution in [0.15, 0.2) is 29.6 Å². The highest BCUT2D eigenvalue weighted by Gasteiger charge is 2.27. The summed E-state index contributed by atoms with van der Waals surface area (Å²) in [4.78, 5) is 12.2. The average Bonchev–Trinajstić information content (AvgIpc) is 3.18. The van der Waals surface area contributed by atoms with Crippen molar-refractivity contribution in [2.24, 2.45) is 0 Å². The first kappa shape index (κ1) is 20.8. The van der Waals surface area contributed by atoms with E-state index in [0.29, 0.717) is 11.3 Å². The summed E-state index contributed by atoms with van der Waals surface area (Å²) in [5.41, 5.74) is 1.15. The van der Waals surface area contributed by atoms with Gasteiger partial charge in [0.2, 0.25) is 5.82 Å². The molecule has 0 bridgehead atoms. The minimum absolute atomic E-state index is 0.0218. The Morgan fingerprint density at radius 2 is 1.59 bits per heavy atom. The van der Waals surface area contributed by atoms with Gasteiger partial charge in [-0.25, -0.2) is 22.0 Å². The molecule has 0 saturated heterocycles. The lowest BCUT2D eigenvalue weighted by Gasteiger charge is -2.09. The van der Waals surface area contributed by atoms with Crippen molar-refractivity contribution in [1.82, 2.24) is 0 Å². The fourth-order valence-corrected chi connectivity index (χ4v) is 3.28. The smallest absolute Gasteiger partial charge is 0.265 e. The van der Waals surface area contributed by atoms with Crippen LogP contribution in [-0.4, -0.2) is 5.91 Å². The number of carbonyl (C=O) groups is 1. The van der Waals surface area contributed by atoms with Gasteiger partial charge in [0.1, 0.15) is 18.0 Å². The second kappa shape index (κ2) is 8.20. The average molecular weight is 427 g/mol. The van der Waals surface area contributed by atoms with Crippen molar-refractivity contribution in [3.05, 3.63) is 80.3 Å². The van der Waals surface area contributed by atoms with Gasteiger partial charge in [0.15, 0.2) is 23.3 Å². The fraction of sp³-hybridized carbons (Fsp3) is 0.150. The van der Waals surface area contributed by atoms with E-state index in [1.807, 2.05) is 32.0 Å². The van der Waals surface area contributed by atoms with Crippen LogP contribution in [-0.2, 0) is 6.61 Å². The highest BCUT2D eigenvalue weighted by atomic mass is 32.1. The molecule has 1 amide bonds. The third-order valence-electron chi connectivity index (χ3n) is 4.06. The number of rotatable bonds is 5. The number of hydrogen-bond acceptors (Lipinski definition) is 3. The number of anilines is 1. The summed E-state index contributed by atoms with van der Waals surface area (Å²) in [5.74, 6) is -11.1. The largest absolute Gasteiger partial charge is 0.489 e. The number of benzene rings is 2. The monoisotopic (exact) mass is 427 g/mol. The van der Waals surface area contributed by atoms with E-state index in [2.05, 4.69) is 0 Å². The maximum atomic E-state index is 13.7. The Balaban J connectivity index is 1.74. The minimum atomic E-state index is -2.29. The number of thiophene rings is 1. The third-order valence-corrected chi connectivity index (χ3v) is 5.04. The van der Waals surface area contributed by atoms with E-state index < -0.39 is 40.7 Å². The van der Waals surface area contributed by atoms with Gasteiger partial charge < -0.3 is 10.1 Å². The van der Waals surface area contributed by atoms with E-state index in [-0.39, 0.29) is 11.5 Å². The molecular weight excluding hydrogens is 413 g/mol. The van der Waals surface area contributed by atoms with Gasteiger partial charge >= 0.3 is 0 Å². The standard InChI is InChI=1S/C20H14F5NO2S/c1-9-3-4-10(2)12(5-9)28-7-11-6-13(29-8-11)20(27)26-19-17(24)15(22)14(21)16(23)18(19)25/h3-6,8H,7H2,1-2H3,(H,26,27). The van der Waals surface area contributed by atoms with Crippen molar-refractivity contribution in [2.75, 3.05) is 5.32 Å². The second-order valence-corrected chi connectivity index (χ2v) is 7.19. The fourth-order valence-electron chi connectivity index (χ4n) is 2.48. The van der Waals surface area contributed by atoms with E-state index >= 15 is 0 Å². The summed E-state index contributed by atoms with van der Waals surface area (Å²) in [7, 11) is 0. The van der Waals surface area contributed by atoms with Gasteiger partial charge in [-0.15, -0.1) is 11.3 Å². The zero-order chi connectivity index (χ0) is 21.3. The molecule has 0 saturated carbocycles. The minimum Gasteiger partial charge on any atom is -0.489 e. The van der Waals surface area contributed by atoms with Crippen LogP contribution in [0.5, 0.6) is 5.75 Å². The Morgan fingerprint density at radius 1 is 0.966 bits per heavy atom. The molecule has 0 spiro atoms. The molecule has 0 aliphatic carbocycles. The number of nitrogens with one attached hydrogen (secondary N) is 1. The van der Waals surface area contributed by atoms with Gasteiger partial charge in [0.25, 0.3) is 5.91 Å². The first-order chi connectivity index (χ1) is 13.7. The van der Waals surface area contributed by atoms with Crippen molar-refractivity contribution in [3.63, 3.8) is 0 Å². The van der Waals surface area contributed by atoms with Crippen LogP contribution in [0.4, 0.5) is 27.6 Å². The van der Waals surface area contributed by atoms with Crippen LogP contribution < -0.4 is 10.1 Å². The molecule has 0 fully saturated rings. The Kier molecular flexibility index (Phi) is 5.88. The molecule has 9 heteroatoms. The molecule has 0 aliphatic rings. The summed E-state index contributed by atoms with van der Waals surface area (Å²) in [5, 5.41) is 3.34. The number of amides is 1. The predicted molar refractivity (Wildman–Crippen MR) is 98.8 cm³/mol. The summed E-state index contributed by atoms with van der Waals surface area (Å²) in [6, 6.07) is 7.12. The first-order valence-corrected chi connectivity index (χ1v) is 9.17. The Hall–Kier alpha value is -2.94. The Bertz CT molecular complexity index is 1070. The van der Waals surface area contributed by atoms with Gasteiger partial charge in [-0.05, 0) is 42.5 Å². The molecule has 29 heavy (non-hydrogen) atoms. The van der Waals surface area contributed by atoms with E-state index in [4.69, 9.17) is 4.74 Å². The number of hydrogen-bond donors (Lipinski definition) is 1. The van der Waals surface area contributed by atoms with Crippen LogP contribution in [0.1, 0.15) is 26.4 Å². The van der Waals surface area contributed by atoms with Crippen LogP contribution in [0.2, 0.25) is 0 Å². The molecule has 0 radical (unpaired) electrons. The quantitative estimate of drug-likeness (QED) is 0.313. The lowest BCUT2D eigenvalue weighted by Crippen LogP contribution is -2.16. The summed E-state index contributed by atoms with van der Waals surface area (Å²) >= 11 is 0.944. The van der Waals surface area contributed by atoms with E-state index in [1.54, 1.807) is 10.7 Å². The number of ether oxygens (including phenoxy) is 1. The third kappa shape index (κ3) is 4.24. The molecule has 1 N–H and O–H groups in total. The molecule has 3 aromatic rings. The molecule has 0 unspecified atom stereocenters. The predicted octanol–water partition coefficient (Wildman–Crippen LogP) is 5.89. The van der Waals surface area contributed by atoms with E-state index in [9.17, 15) is 26.7 Å². The lowest BCUT2D eigenvalue weighted by molar-refractivity contribution is 0.102. The molecule has 2 aromatic carbocycles.